The first-order valence-electron chi connectivity index (χ1n) is 7.38. The van der Waals surface area contributed by atoms with Gasteiger partial charge in [-0.3, -0.25) is 9.59 Å². The molecule has 0 radical (unpaired) electrons. The fourth-order valence-electron chi connectivity index (χ4n) is 1.96. The SMILES string of the molecule is Cc1cccc(NC(=O)CSC(C)C(=O)Nc2ccccc2)c1. The molecule has 0 bridgehead atoms. The molecule has 2 aromatic carbocycles. The number of para-hydroxylation sites is 1. The molecule has 1 atom stereocenters. The minimum atomic E-state index is -0.307. The highest BCUT2D eigenvalue weighted by Gasteiger charge is 2.15. The predicted octanol–water partition coefficient (Wildman–Crippen LogP) is 3.69. The second-order valence-electron chi connectivity index (χ2n) is 5.23. The Hall–Kier alpha value is -2.27. The minimum absolute atomic E-state index is 0.107. The topological polar surface area (TPSA) is 58.2 Å². The third kappa shape index (κ3) is 5.79. The first-order valence-corrected chi connectivity index (χ1v) is 8.43. The van der Waals surface area contributed by atoms with E-state index in [0.29, 0.717) is 0 Å². The Kier molecular flexibility index (Phi) is 6.23. The maximum atomic E-state index is 12.1. The molecule has 2 rings (SSSR count). The van der Waals surface area contributed by atoms with Gasteiger partial charge in [-0.1, -0.05) is 30.3 Å². The molecule has 0 saturated carbocycles. The third-order valence-electron chi connectivity index (χ3n) is 3.18. The van der Waals surface area contributed by atoms with Crippen LogP contribution in [0.25, 0.3) is 0 Å². The third-order valence-corrected chi connectivity index (χ3v) is 4.32. The Morgan fingerprint density at radius 3 is 2.39 bits per heavy atom. The molecule has 2 aromatic rings. The number of anilines is 2. The molecule has 23 heavy (non-hydrogen) atoms. The van der Waals surface area contributed by atoms with Crippen LogP contribution in [0.15, 0.2) is 54.6 Å². The lowest BCUT2D eigenvalue weighted by atomic mass is 10.2. The fourth-order valence-corrected chi connectivity index (χ4v) is 2.65. The van der Waals surface area contributed by atoms with Crippen LogP contribution in [0.1, 0.15) is 12.5 Å². The van der Waals surface area contributed by atoms with Crippen LogP contribution in [0.3, 0.4) is 0 Å². The van der Waals surface area contributed by atoms with E-state index in [9.17, 15) is 9.59 Å². The van der Waals surface area contributed by atoms with Gasteiger partial charge in [0.15, 0.2) is 0 Å². The molecule has 4 nitrogen and oxygen atoms in total. The Morgan fingerprint density at radius 1 is 1.00 bits per heavy atom. The molecule has 0 aliphatic rings. The lowest BCUT2D eigenvalue weighted by Crippen LogP contribution is -2.25. The summed E-state index contributed by atoms with van der Waals surface area (Å²) in [7, 11) is 0. The zero-order valence-corrected chi connectivity index (χ0v) is 14.0. The number of thioether (sulfide) groups is 1. The second-order valence-corrected chi connectivity index (χ2v) is 6.56. The van der Waals surface area contributed by atoms with Crippen molar-refractivity contribution in [2.45, 2.75) is 19.1 Å². The van der Waals surface area contributed by atoms with Crippen LogP contribution in [0, 0.1) is 6.92 Å². The van der Waals surface area contributed by atoms with Crippen molar-refractivity contribution < 1.29 is 9.59 Å². The molecular formula is C18H20N2O2S. The van der Waals surface area contributed by atoms with Crippen molar-refractivity contribution in [2.24, 2.45) is 0 Å². The summed E-state index contributed by atoms with van der Waals surface area (Å²) in [4.78, 5) is 24.0. The molecule has 0 heterocycles. The maximum Gasteiger partial charge on any atom is 0.237 e. The summed E-state index contributed by atoms with van der Waals surface area (Å²) in [6, 6.07) is 16.9. The molecule has 0 aromatic heterocycles. The van der Waals surface area contributed by atoms with E-state index in [-0.39, 0.29) is 22.8 Å². The van der Waals surface area contributed by atoms with Gasteiger partial charge in [0.05, 0.1) is 11.0 Å². The van der Waals surface area contributed by atoms with Gasteiger partial charge in [0.2, 0.25) is 11.8 Å². The quantitative estimate of drug-likeness (QED) is 0.850. The maximum absolute atomic E-state index is 12.1. The van der Waals surface area contributed by atoms with Gasteiger partial charge in [-0.2, -0.15) is 0 Å². The van der Waals surface area contributed by atoms with Gasteiger partial charge in [0, 0.05) is 11.4 Å². The fraction of sp³-hybridized carbons (Fsp3) is 0.222. The summed E-state index contributed by atoms with van der Waals surface area (Å²) in [6.07, 6.45) is 0. The van der Waals surface area contributed by atoms with E-state index >= 15 is 0 Å². The molecule has 0 aliphatic heterocycles. The number of carbonyl (C=O) groups excluding carboxylic acids is 2. The van der Waals surface area contributed by atoms with Crippen LogP contribution >= 0.6 is 11.8 Å². The van der Waals surface area contributed by atoms with Crippen molar-refractivity contribution in [1.29, 1.82) is 0 Å². The molecule has 0 spiro atoms. The van der Waals surface area contributed by atoms with E-state index < -0.39 is 0 Å². The number of nitrogens with one attached hydrogen (secondary N) is 2. The van der Waals surface area contributed by atoms with Crippen molar-refractivity contribution in [3.8, 4) is 0 Å². The lowest BCUT2D eigenvalue weighted by molar-refractivity contribution is -0.115. The van der Waals surface area contributed by atoms with Crippen molar-refractivity contribution >= 4 is 35.0 Å². The van der Waals surface area contributed by atoms with Crippen LogP contribution < -0.4 is 10.6 Å². The van der Waals surface area contributed by atoms with E-state index in [1.807, 2.05) is 61.5 Å². The van der Waals surface area contributed by atoms with Crippen LogP contribution in [0.2, 0.25) is 0 Å². The van der Waals surface area contributed by atoms with E-state index in [1.54, 1.807) is 6.92 Å². The largest absolute Gasteiger partial charge is 0.325 e. The average molecular weight is 328 g/mol. The number of aryl methyl sites for hydroxylation is 1. The first-order chi connectivity index (χ1) is 11.0. The molecule has 0 aliphatic carbocycles. The molecule has 1 unspecified atom stereocenters. The van der Waals surface area contributed by atoms with Crippen molar-refractivity contribution in [3.05, 3.63) is 60.2 Å². The molecule has 0 saturated heterocycles. The van der Waals surface area contributed by atoms with E-state index in [1.165, 1.54) is 11.8 Å². The second kappa shape index (κ2) is 8.39. The number of hydrogen-bond donors (Lipinski definition) is 2. The number of amides is 2. The van der Waals surface area contributed by atoms with Gasteiger partial charge in [0.1, 0.15) is 0 Å². The zero-order valence-electron chi connectivity index (χ0n) is 13.2. The molecule has 5 heteroatoms. The normalized spacial score (nSPS) is 11.6. The van der Waals surface area contributed by atoms with Crippen LogP contribution in [-0.2, 0) is 9.59 Å². The van der Waals surface area contributed by atoms with Crippen molar-refractivity contribution in [3.63, 3.8) is 0 Å². The van der Waals surface area contributed by atoms with E-state index in [2.05, 4.69) is 10.6 Å². The molecule has 2 amide bonds. The van der Waals surface area contributed by atoms with E-state index in [0.717, 1.165) is 16.9 Å². The smallest absolute Gasteiger partial charge is 0.237 e. The summed E-state index contributed by atoms with van der Waals surface area (Å²) in [5.74, 6) is 0.0154. The highest BCUT2D eigenvalue weighted by atomic mass is 32.2. The number of benzene rings is 2. The molecular weight excluding hydrogens is 308 g/mol. The van der Waals surface area contributed by atoms with Crippen LogP contribution in [0.5, 0.6) is 0 Å². The van der Waals surface area contributed by atoms with Gasteiger partial charge in [-0.05, 0) is 43.7 Å². The van der Waals surface area contributed by atoms with Gasteiger partial charge in [-0.25, -0.2) is 0 Å². The summed E-state index contributed by atoms with van der Waals surface area (Å²) < 4.78 is 0. The Bertz CT molecular complexity index is 674. The standard InChI is InChI=1S/C18H20N2O2S/c1-13-7-6-10-16(11-13)19-17(21)12-23-14(2)18(22)20-15-8-4-3-5-9-15/h3-11,14H,12H2,1-2H3,(H,19,21)(H,20,22). The highest BCUT2D eigenvalue weighted by molar-refractivity contribution is 8.01. The predicted molar refractivity (Wildman–Crippen MR) is 96.8 cm³/mol. The molecule has 0 fully saturated rings. The lowest BCUT2D eigenvalue weighted by Gasteiger charge is -2.12. The van der Waals surface area contributed by atoms with Crippen LogP contribution in [0.4, 0.5) is 11.4 Å². The Morgan fingerprint density at radius 2 is 1.70 bits per heavy atom. The summed E-state index contributed by atoms with van der Waals surface area (Å²) in [5, 5.41) is 5.36. The average Bonchev–Trinajstić information content (AvgIpc) is 2.53. The summed E-state index contributed by atoms with van der Waals surface area (Å²) >= 11 is 1.31. The number of carbonyl (C=O) groups is 2. The van der Waals surface area contributed by atoms with Crippen LogP contribution in [-0.4, -0.2) is 22.8 Å². The molecule has 2 N–H and O–H groups in total. The van der Waals surface area contributed by atoms with Gasteiger partial charge < -0.3 is 10.6 Å². The molecule has 120 valence electrons. The summed E-state index contributed by atoms with van der Waals surface area (Å²) in [6.45, 7) is 3.77. The monoisotopic (exact) mass is 328 g/mol. The van der Waals surface area contributed by atoms with Crippen molar-refractivity contribution in [2.75, 3.05) is 16.4 Å². The zero-order chi connectivity index (χ0) is 16.7. The Labute approximate surface area is 140 Å². The van der Waals surface area contributed by atoms with Crippen molar-refractivity contribution in [1.82, 2.24) is 0 Å². The van der Waals surface area contributed by atoms with Gasteiger partial charge >= 0.3 is 0 Å². The van der Waals surface area contributed by atoms with E-state index in [4.69, 9.17) is 0 Å². The number of hydrogen-bond acceptors (Lipinski definition) is 3. The number of rotatable bonds is 6. The summed E-state index contributed by atoms with van der Waals surface area (Å²) in [5.41, 5.74) is 2.62. The first kappa shape index (κ1) is 17.1. The highest BCUT2D eigenvalue weighted by Crippen LogP contribution is 2.15. The van der Waals surface area contributed by atoms with Gasteiger partial charge in [0.25, 0.3) is 0 Å². The van der Waals surface area contributed by atoms with Gasteiger partial charge in [-0.15, -0.1) is 11.8 Å². The Balaban J connectivity index is 1.78. The minimum Gasteiger partial charge on any atom is -0.325 e.